The third kappa shape index (κ3) is 2.00. The smallest absolute Gasteiger partial charge is 0.153 e. The molecule has 0 bridgehead atoms. The summed E-state index contributed by atoms with van der Waals surface area (Å²) in [6.07, 6.45) is 8.56. The van der Waals surface area contributed by atoms with Gasteiger partial charge in [-0.05, 0) is 6.07 Å². The van der Waals surface area contributed by atoms with E-state index < -0.39 is 0 Å². The number of nitrogens with zero attached hydrogens (tertiary/aromatic N) is 4. The minimum atomic E-state index is 0.435. The molecule has 0 unspecified atom stereocenters. The highest BCUT2D eigenvalue weighted by molar-refractivity contribution is 7.99. The third-order valence-electron chi connectivity index (χ3n) is 2.33. The molecule has 0 aliphatic rings. The standard InChI is InChI=1S/C11H8ClN5S/c12-7-4-16-10(13)3-8(7)18-9-5-14-6-17-2-1-15-11(9)17/h1-6H,(H2,13,16). The van der Waals surface area contributed by atoms with Crippen LogP contribution in [0.3, 0.4) is 0 Å². The van der Waals surface area contributed by atoms with Crippen LogP contribution in [0.1, 0.15) is 0 Å². The van der Waals surface area contributed by atoms with Crippen molar-refractivity contribution in [3.05, 3.63) is 42.2 Å². The fourth-order valence-corrected chi connectivity index (χ4v) is 2.68. The van der Waals surface area contributed by atoms with Crippen LogP contribution < -0.4 is 5.73 Å². The normalized spacial score (nSPS) is 10.9. The molecule has 0 fully saturated rings. The van der Waals surface area contributed by atoms with Gasteiger partial charge in [0.05, 0.1) is 9.92 Å². The van der Waals surface area contributed by atoms with E-state index in [1.165, 1.54) is 11.8 Å². The zero-order chi connectivity index (χ0) is 12.5. The van der Waals surface area contributed by atoms with Crippen LogP contribution in [0.5, 0.6) is 0 Å². The lowest BCUT2D eigenvalue weighted by molar-refractivity contribution is 1.04. The second-order valence-corrected chi connectivity index (χ2v) is 5.05. The Bertz CT molecular complexity index is 711. The summed E-state index contributed by atoms with van der Waals surface area (Å²) >= 11 is 7.55. The minimum absolute atomic E-state index is 0.435. The van der Waals surface area contributed by atoms with Crippen molar-refractivity contribution in [2.75, 3.05) is 5.73 Å². The molecule has 3 heterocycles. The second kappa shape index (κ2) is 4.47. The molecule has 0 saturated carbocycles. The predicted molar refractivity (Wildman–Crippen MR) is 70.8 cm³/mol. The van der Waals surface area contributed by atoms with Crippen molar-refractivity contribution in [1.82, 2.24) is 19.4 Å². The van der Waals surface area contributed by atoms with E-state index in [0.717, 1.165) is 15.4 Å². The summed E-state index contributed by atoms with van der Waals surface area (Å²) in [5.41, 5.74) is 6.49. The summed E-state index contributed by atoms with van der Waals surface area (Å²) < 4.78 is 1.85. The van der Waals surface area contributed by atoms with Gasteiger partial charge in [-0.25, -0.2) is 15.0 Å². The highest BCUT2D eigenvalue weighted by Gasteiger charge is 2.08. The van der Waals surface area contributed by atoms with Crippen molar-refractivity contribution in [3.63, 3.8) is 0 Å². The Morgan fingerprint density at radius 3 is 3.00 bits per heavy atom. The maximum atomic E-state index is 6.08. The first-order valence-electron chi connectivity index (χ1n) is 5.09. The lowest BCUT2D eigenvalue weighted by atomic mass is 10.5. The summed E-state index contributed by atoms with van der Waals surface area (Å²) in [5, 5.41) is 0.558. The van der Waals surface area contributed by atoms with Crippen molar-refractivity contribution >= 4 is 34.8 Å². The Labute approximate surface area is 112 Å². The lowest BCUT2D eigenvalue weighted by Gasteiger charge is -2.05. The van der Waals surface area contributed by atoms with Crippen LogP contribution >= 0.6 is 23.4 Å². The number of fused-ring (bicyclic) bond motifs is 1. The van der Waals surface area contributed by atoms with Crippen molar-refractivity contribution in [2.24, 2.45) is 0 Å². The maximum Gasteiger partial charge on any atom is 0.153 e. The van der Waals surface area contributed by atoms with Crippen LogP contribution in [-0.2, 0) is 0 Å². The van der Waals surface area contributed by atoms with Crippen LogP contribution in [0.25, 0.3) is 5.65 Å². The van der Waals surface area contributed by atoms with Gasteiger partial charge in [0.1, 0.15) is 12.1 Å². The van der Waals surface area contributed by atoms with E-state index in [0.29, 0.717) is 10.8 Å². The van der Waals surface area contributed by atoms with Gasteiger partial charge in [0.25, 0.3) is 0 Å². The van der Waals surface area contributed by atoms with Crippen molar-refractivity contribution in [3.8, 4) is 0 Å². The number of imidazole rings is 1. The first-order chi connectivity index (χ1) is 8.74. The highest BCUT2D eigenvalue weighted by Crippen LogP contribution is 2.34. The van der Waals surface area contributed by atoms with Gasteiger partial charge in [-0.2, -0.15) is 0 Å². The molecular weight excluding hydrogens is 270 g/mol. The quantitative estimate of drug-likeness (QED) is 0.779. The zero-order valence-corrected chi connectivity index (χ0v) is 10.7. The van der Waals surface area contributed by atoms with Crippen molar-refractivity contribution in [1.29, 1.82) is 0 Å². The van der Waals surface area contributed by atoms with Gasteiger partial charge in [-0.3, -0.25) is 4.40 Å². The van der Waals surface area contributed by atoms with E-state index in [-0.39, 0.29) is 0 Å². The average molecular weight is 278 g/mol. The Balaban J connectivity index is 2.06. The fraction of sp³-hybridized carbons (Fsp3) is 0. The molecule has 0 amide bonds. The summed E-state index contributed by atoms with van der Waals surface area (Å²) in [5.74, 6) is 0.435. The molecule has 7 heteroatoms. The first kappa shape index (κ1) is 11.3. The van der Waals surface area contributed by atoms with E-state index in [1.807, 2.05) is 10.6 Å². The molecule has 0 aliphatic heterocycles. The summed E-state index contributed by atoms with van der Waals surface area (Å²) in [6.45, 7) is 0. The van der Waals surface area contributed by atoms with Gasteiger partial charge >= 0.3 is 0 Å². The average Bonchev–Trinajstić information content (AvgIpc) is 2.83. The van der Waals surface area contributed by atoms with Crippen molar-refractivity contribution in [2.45, 2.75) is 9.79 Å². The Morgan fingerprint density at radius 2 is 2.11 bits per heavy atom. The van der Waals surface area contributed by atoms with E-state index in [4.69, 9.17) is 17.3 Å². The van der Waals surface area contributed by atoms with Gasteiger partial charge in [0.15, 0.2) is 5.65 Å². The fourth-order valence-electron chi connectivity index (χ4n) is 1.53. The number of pyridine rings is 1. The molecule has 0 spiro atoms. The minimum Gasteiger partial charge on any atom is -0.384 e. The molecule has 0 radical (unpaired) electrons. The van der Waals surface area contributed by atoms with E-state index in [9.17, 15) is 0 Å². The molecule has 3 aromatic heterocycles. The van der Waals surface area contributed by atoms with E-state index in [2.05, 4.69) is 15.0 Å². The molecule has 3 rings (SSSR count). The number of anilines is 1. The third-order valence-corrected chi connectivity index (χ3v) is 3.81. The molecule has 3 aromatic rings. The molecule has 90 valence electrons. The number of nitrogen functional groups attached to an aromatic ring is 1. The monoisotopic (exact) mass is 277 g/mol. The number of aromatic nitrogens is 4. The van der Waals surface area contributed by atoms with Gasteiger partial charge in [0, 0.05) is 29.7 Å². The molecule has 0 aromatic carbocycles. The van der Waals surface area contributed by atoms with Crippen LogP contribution in [0.15, 0.2) is 47.0 Å². The number of halogens is 1. The maximum absolute atomic E-state index is 6.08. The lowest BCUT2D eigenvalue weighted by Crippen LogP contribution is -1.91. The second-order valence-electron chi connectivity index (χ2n) is 3.56. The molecule has 2 N–H and O–H groups in total. The van der Waals surface area contributed by atoms with E-state index in [1.54, 1.807) is 31.0 Å². The molecule has 0 aliphatic carbocycles. The van der Waals surface area contributed by atoms with Crippen LogP contribution in [0.4, 0.5) is 5.82 Å². The van der Waals surface area contributed by atoms with Crippen LogP contribution in [0, 0.1) is 0 Å². The first-order valence-corrected chi connectivity index (χ1v) is 6.29. The van der Waals surface area contributed by atoms with Gasteiger partial charge in [-0.1, -0.05) is 23.4 Å². The summed E-state index contributed by atoms with van der Waals surface area (Å²) in [4.78, 5) is 14.1. The molecule has 5 nitrogen and oxygen atoms in total. The number of hydrogen-bond acceptors (Lipinski definition) is 5. The van der Waals surface area contributed by atoms with E-state index >= 15 is 0 Å². The summed E-state index contributed by atoms with van der Waals surface area (Å²) in [6, 6.07) is 1.74. The van der Waals surface area contributed by atoms with Gasteiger partial charge in [-0.15, -0.1) is 0 Å². The Morgan fingerprint density at radius 1 is 1.22 bits per heavy atom. The number of nitrogens with two attached hydrogens (primary N) is 1. The molecule has 0 saturated heterocycles. The molecular formula is C11H8ClN5S. The Kier molecular flexibility index (Phi) is 2.81. The summed E-state index contributed by atoms with van der Waals surface area (Å²) in [7, 11) is 0. The van der Waals surface area contributed by atoms with Gasteiger partial charge in [0.2, 0.25) is 0 Å². The van der Waals surface area contributed by atoms with Crippen molar-refractivity contribution < 1.29 is 0 Å². The largest absolute Gasteiger partial charge is 0.384 e. The van der Waals surface area contributed by atoms with Gasteiger partial charge < -0.3 is 5.73 Å². The number of hydrogen-bond donors (Lipinski definition) is 1. The zero-order valence-electron chi connectivity index (χ0n) is 9.12. The molecule has 18 heavy (non-hydrogen) atoms. The molecule has 0 atom stereocenters. The van der Waals surface area contributed by atoms with Crippen LogP contribution in [-0.4, -0.2) is 19.4 Å². The highest BCUT2D eigenvalue weighted by atomic mass is 35.5. The predicted octanol–water partition coefficient (Wildman–Crippen LogP) is 2.51. The topological polar surface area (TPSA) is 69.1 Å². The SMILES string of the molecule is Nc1cc(Sc2cncn3ccnc23)c(Cl)cn1. The van der Waals surface area contributed by atoms with Crippen LogP contribution in [0.2, 0.25) is 5.02 Å². The number of rotatable bonds is 2. The Hall–Kier alpha value is -1.79.